The summed E-state index contributed by atoms with van der Waals surface area (Å²) in [4.78, 5) is 2.18. The molecule has 0 bridgehead atoms. The van der Waals surface area contributed by atoms with Crippen LogP contribution in [0.15, 0.2) is 24.3 Å². The predicted molar refractivity (Wildman–Crippen MR) is 77.5 cm³/mol. The highest BCUT2D eigenvalue weighted by atomic mass is 35.5. The van der Waals surface area contributed by atoms with Crippen molar-refractivity contribution in [1.29, 1.82) is 0 Å². The average molecular weight is 308 g/mol. The van der Waals surface area contributed by atoms with Crippen LogP contribution < -0.4 is 4.74 Å². The molecular weight excluding hydrogens is 289 g/mol. The second kappa shape index (κ2) is 8.61. The monoisotopic (exact) mass is 307 g/mol. The molecule has 1 aromatic rings. The van der Waals surface area contributed by atoms with Gasteiger partial charge < -0.3 is 14.6 Å². The number of benzene rings is 1. The van der Waals surface area contributed by atoms with Crippen LogP contribution in [-0.4, -0.2) is 55.6 Å². The van der Waals surface area contributed by atoms with Crippen LogP contribution in [0.25, 0.3) is 0 Å². The third-order valence-corrected chi connectivity index (χ3v) is 3.08. The van der Waals surface area contributed by atoms with Gasteiger partial charge in [0.2, 0.25) is 0 Å². The van der Waals surface area contributed by atoms with Gasteiger partial charge in [-0.15, -0.1) is 12.4 Å². The summed E-state index contributed by atoms with van der Waals surface area (Å²) in [5.41, 5.74) is 0. The number of hydrogen-bond acceptors (Lipinski definition) is 4. The van der Waals surface area contributed by atoms with E-state index in [9.17, 15) is 5.11 Å². The van der Waals surface area contributed by atoms with Crippen molar-refractivity contribution in [3.8, 4) is 5.75 Å². The van der Waals surface area contributed by atoms with Crippen LogP contribution in [0.3, 0.4) is 0 Å². The molecule has 0 amide bonds. The minimum Gasteiger partial charge on any atom is -0.491 e. The lowest BCUT2D eigenvalue weighted by Crippen LogP contribution is -2.42. The molecule has 1 aromatic carbocycles. The second-order valence-corrected chi connectivity index (χ2v) is 4.77. The summed E-state index contributed by atoms with van der Waals surface area (Å²) < 4.78 is 10.8. The van der Waals surface area contributed by atoms with Crippen molar-refractivity contribution in [2.75, 3.05) is 39.5 Å². The lowest BCUT2D eigenvalue weighted by Gasteiger charge is -2.28. The highest BCUT2D eigenvalue weighted by Gasteiger charge is 2.15. The fraction of sp³-hybridized carbons (Fsp3) is 0.538. The molecule has 1 saturated heterocycles. The molecule has 19 heavy (non-hydrogen) atoms. The lowest BCUT2D eigenvalue weighted by atomic mass is 10.3. The number of β-amino-alcohol motifs (C(OH)–C–C–N with tert-alkyl or cyclic N) is 1. The van der Waals surface area contributed by atoms with E-state index in [1.165, 1.54) is 0 Å². The quantitative estimate of drug-likeness (QED) is 0.901. The van der Waals surface area contributed by atoms with Crippen molar-refractivity contribution in [3.05, 3.63) is 29.3 Å². The molecule has 1 heterocycles. The highest BCUT2D eigenvalue weighted by molar-refractivity contribution is 6.30. The molecular formula is C13H19Cl2NO3. The van der Waals surface area contributed by atoms with E-state index in [4.69, 9.17) is 21.1 Å². The Bertz CT molecular complexity index is 355. The van der Waals surface area contributed by atoms with Gasteiger partial charge in [-0.1, -0.05) is 11.6 Å². The fourth-order valence-electron chi connectivity index (χ4n) is 1.86. The Hall–Kier alpha value is -0.520. The van der Waals surface area contributed by atoms with E-state index in [0.29, 0.717) is 18.2 Å². The van der Waals surface area contributed by atoms with E-state index in [1.807, 2.05) is 0 Å². The molecule has 2 rings (SSSR count). The molecule has 1 aliphatic rings. The summed E-state index contributed by atoms with van der Waals surface area (Å²) in [6, 6.07) is 7.13. The second-order valence-electron chi connectivity index (χ2n) is 4.33. The Labute approximate surface area is 124 Å². The first-order valence-corrected chi connectivity index (χ1v) is 6.48. The maximum Gasteiger partial charge on any atom is 0.119 e. The summed E-state index contributed by atoms with van der Waals surface area (Å²) in [6.45, 7) is 4.14. The molecule has 1 N–H and O–H groups in total. The third kappa shape index (κ3) is 5.97. The summed E-state index contributed by atoms with van der Waals surface area (Å²) in [7, 11) is 0. The predicted octanol–water partition coefficient (Wildman–Crippen LogP) is 1.83. The third-order valence-electron chi connectivity index (χ3n) is 2.83. The molecule has 0 aromatic heterocycles. The van der Waals surface area contributed by atoms with Gasteiger partial charge in [-0.25, -0.2) is 0 Å². The summed E-state index contributed by atoms with van der Waals surface area (Å²) >= 11 is 5.78. The van der Waals surface area contributed by atoms with Crippen LogP contribution in [-0.2, 0) is 4.74 Å². The smallest absolute Gasteiger partial charge is 0.119 e. The standard InChI is InChI=1S/C13H18ClNO3.ClH/c14-11-1-3-13(4-2-11)18-10-12(16)9-15-5-7-17-8-6-15;/h1-4,12,16H,5-10H2;1H. The van der Waals surface area contributed by atoms with Crippen molar-refractivity contribution >= 4 is 24.0 Å². The molecule has 0 radical (unpaired) electrons. The summed E-state index contributed by atoms with van der Waals surface area (Å²) in [6.07, 6.45) is -0.487. The van der Waals surface area contributed by atoms with Crippen LogP contribution >= 0.6 is 24.0 Å². The molecule has 1 atom stereocenters. The maximum atomic E-state index is 9.88. The number of rotatable bonds is 5. The van der Waals surface area contributed by atoms with Crippen LogP contribution in [0.5, 0.6) is 5.75 Å². The Kier molecular flexibility index (Phi) is 7.49. The van der Waals surface area contributed by atoms with Gasteiger partial charge in [-0.05, 0) is 24.3 Å². The van der Waals surface area contributed by atoms with Gasteiger partial charge in [-0.3, -0.25) is 4.90 Å². The van der Waals surface area contributed by atoms with E-state index in [1.54, 1.807) is 24.3 Å². The largest absolute Gasteiger partial charge is 0.491 e. The summed E-state index contributed by atoms with van der Waals surface area (Å²) in [5.74, 6) is 0.723. The summed E-state index contributed by atoms with van der Waals surface area (Å²) in [5, 5.41) is 10.6. The fourth-order valence-corrected chi connectivity index (χ4v) is 1.98. The van der Waals surface area contributed by atoms with Gasteiger partial charge in [0, 0.05) is 24.7 Å². The zero-order valence-corrected chi connectivity index (χ0v) is 12.2. The average Bonchev–Trinajstić information content (AvgIpc) is 2.39. The topological polar surface area (TPSA) is 41.9 Å². The van der Waals surface area contributed by atoms with Crippen molar-refractivity contribution in [2.45, 2.75) is 6.10 Å². The Balaban J connectivity index is 0.00000180. The zero-order valence-electron chi connectivity index (χ0n) is 10.6. The van der Waals surface area contributed by atoms with Gasteiger partial charge in [0.25, 0.3) is 0 Å². The Morgan fingerprint density at radius 1 is 1.26 bits per heavy atom. The maximum absolute atomic E-state index is 9.88. The van der Waals surface area contributed by atoms with E-state index >= 15 is 0 Å². The number of halogens is 2. The van der Waals surface area contributed by atoms with E-state index < -0.39 is 6.10 Å². The lowest BCUT2D eigenvalue weighted by molar-refractivity contribution is 0.00465. The van der Waals surface area contributed by atoms with Crippen molar-refractivity contribution < 1.29 is 14.6 Å². The zero-order chi connectivity index (χ0) is 12.8. The van der Waals surface area contributed by atoms with Gasteiger partial charge in [0.15, 0.2) is 0 Å². The first kappa shape index (κ1) is 16.5. The van der Waals surface area contributed by atoms with Gasteiger partial charge in [0.05, 0.1) is 13.2 Å². The van der Waals surface area contributed by atoms with E-state index in [2.05, 4.69) is 4.90 Å². The van der Waals surface area contributed by atoms with Crippen LogP contribution in [0.1, 0.15) is 0 Å². The van der Waals surface area contributed by atoms with Crippen molar-refractivity contribution in [3.63, 3.8) is 0 Å². The van der Waals surface area contributed by atoms with E-state index in [0.717, 1.165) is 32.1 Å². The van der Waals surface area contributed by atoms with Crippen LogP contribution in [0.4, 0.5) is 0 Å². The molecule has 1 unspecified atom stereocenters. The van der Waals surface area contributed by atoms with Crippen LogP contribution in [0, 0.1) is 0 Å². The highest BCUT2D eigenvalue weighted by Crippen LogP contribution is 2.15. The molecule has 1 fully saturated rings. The Morgan fingerprint density at radius 3 is 2.53 bits per heavy atom. The minimum atomic E-state index is -0.487. The van der Waals surface area contributed by atoms with Gasteiger partial charge in [0.1, 0.15) is 18.5 Å². The minimum absolute atomic E-state index is 0. The molecule has 108 valence electrons. The number of morpholine rings is 1. The molecule has 6 heteroatoms. The number of aliphatic hydroxyl groups excluding tert-OH is 1. The molecule has 0 saturated carbocycles. The first-order chi connectivity index (χ1) is 8.74. The van der Waals surface area contributed by atoms with Crippen molar-refractivity contribution in [2.24, 2.45) is 0 Å². The molecule has 0 aliphatic carbocycles. The SMILES string of the molecule is Cl.OC(COc1ccc(Cl)cc1)CN1CCOCC1. The first-order valence-electron chi connectivity index (χ1n) is 6.10. The number of ether oxygens (including phenoxy) is 2. The number of aliphatic hydroxyl groups is 1. The molecule has 4 nitrogen and oxygen atoms in total. The number of hydrogen-bond donors (Lipinski definition) is 1. The number of nitrogens with zero attached hydrogens (tertiary/aromatic N) is 1. The normalized spacial score (nSPS) is 17.6. The van der Waals surface area contributed by atoms with Gasteiger partial charge in [-0.2, -0.15) is 0 Å². The van der Waals surface area contributed by atoms with Crippen molar-refractivity contribution in [1.82, 2.24) is 4.90 Å². The van der Waals surface area contributed by atoms with Crippen LogP contribution in [0.2, 0.25) is 5.02 Å². The van der Waals surface area contributed by atoms with E-state index in [-0.39, 0.29) is 12.4 Å². The Morgan fingerprint density at radius 2 is 1.89 bits per heavy atom. The molecule has 0 spiro atoms. The van der Waals surface area contributed by atoms with Gasteiger partial charge >= 0.3 is 0 Å². The molecule has 1 aliphatic heterocycles.